The highest BCUT2D eigenvalue weighted by Gasteiger charge is 2.30. The maximum atomic E-state index is 4.22. The van der Waals surface area contributed by atoms with Gasteiger partial charge >= 0.3 is 0 Å². The van der Waals surface area contributed by atoms with E-state index in [1.54, 1.807) is 0 Å². The van der Waals surface area contributed by atoms with Crippen LogP contribution in [0.3, 0.4) is 0 Å². The van der Waals surface area contributed by atoms with E-state index in [4.69, 9.17) is 0 Å². The molecule has 90 valence electrons. The van der Waals surface area contributed by atoms with Crippen molar-refractivity contribution in [2.75, 3.05) is 14.1 Å². The van der Waals surface area contributed by atoms with Gasteiger partial charge in [0.05, 0.1) is 6.04 Å². The average Bonchev–Trinajstić information content (AvgIpc) is 1.99. The molecule has 0 radical (unpaired) electrons. The Hall–Kier alpha value is -0.500. The van der Waals surface area contributed by atoms with Gasteiger partial charge in [-0.2, -0.15) is 0 Å². The Morgan fingerprint density at radius 1 is 1.13 bits per heavy atom. The molecule has 0 saturated heterocycles. The normalized spacial score (nSPS) is 14.9. The number of nitrogens with one attached hydrogen (secondary N) is 1. The molecule has 0 aromatic carbocycles. The van der Waals surface area contributed by atoms with Gasteiger partial charge < -0.3 is 10.2 Å². The fourth-order valence-corrected chi connectivity index (χ4v) is 1.72. The Balaban J connectivity index is 4.83. The summed E-state index contributed by atoms with van der Waals surface area (Å²) in [6, 6.07) is 0.307. The summed E-state index contributed by atoms with van der Waals surface area (Å²) in [4.78, 5) is 2.25. The molecule has 0 rings (SSSR count). The number of likely N-dealkylation sites (N-methyl/N-ethyl adjacent to an activating group) is 2. The van der Waals surface area contributed by atoms with Gasteiger partial charge in [0.2, 0.25) is 0 Å². The largest absolute Gasteiger partial charge is 0.372 e. The summed E-state index contributed by atoms with van der Waals surface area (Å²) < 4.78 is 0. The van der Waals surface area contributed by atoms with E-state index in [0.717, 1.165) is 5.70 Å². The molecule has 0 aromatic rings. The second kappa shape index (κ2) is 4.56. The first-order valence-electron chi connectivity index (χ1n) is 5.61. The van der Waals surface area contributed by atoms with Crippen LogP contribution < -0.4 is 5.32 Å². The minimum absolute atomic E-state index is 0.122. The zero-order valence-corrected chi connectivity index (χ0v) is 11.7. The topological polar surface area (TPSA) is 15.3 Å². The Morgan fingerprint density at radius 2 is 1.53 bits per heavy atom. The highest BCUT2D eigenvalue weighted by atomic mass is 15.2. The zero-order valence-electron chi connectivity index (χ0n) is 11.7. The van der Waals surface area contributed by atoms with Crippen molar-refractivity contribution >= 4 is 0 Å². The summed E-state index contributed by atoms with van der Waals surface area (Å²) in [5.74, 6) is 0. The third kappa shape index (κ3) is 3.86. The lowest BCUT2D eigenvalue weighted by Gasteiger charge is -2.42. The van der Waals surface area contributed by atoms with E-state index in [1.807, 2.05) is 7.05 Å². The number of nitrogens with zero attached hydrogens (tertiary/aromatic N) is 1. The van der Waals surface area contributed by atoms with Crippen LogP contribution in [0, 0.1) is 5.41 Å². The third-order valence-corrected chi connectivity index (χ3v) is 2.92. The van der Waals surface area contributed by atoms with Crippen molar-refractivity contribution in [1.82, 2.24) is 10.2 Å². The van der Waals surface area contributed by atoms with Crippen LogP contribution in [0.25, 0.3) is 0 Å². The summed E-state index contributed by atoms with van der Waals surface area (Å²) in [6.07, 6.45) is 0. The van der Waals surface area contributed by atoms with Crippen molar-refractivity contribution in [1.29, 1.82) is 0 Å². The number of hydrogen-bond donors (Lipinski definition) is 1. The molecule has 15 heavy (non-hydrogen) atoms. The van der Waals surface area contributed by atoms with Crippen LogP contribution in [0.2, 0.25) is 0 Å². The molecular weight excluding hydrogens is 184 g/mol. The molecule has 0 aromatic heterocycles. The molecule has 0 aliphatic heterocycles. The molecule has 0 spiro atoms. The lowest BCUT2D eigenvalue weighted by Crippen LogP contribution is -2.48. The van der Waals surface area contributed by atoms with Crippen LogP contribution >= 0.6 is 0 Å². The van der Waals surface area contributed by atoms with Crippen molar-refractivity contribution in [3.05, 3.63) is 12.3 Å². The molecule has 0 saturated carbocycles. The average molecular weight is 212 g/mol. The summed E-state index contributed by atoms with van der Waals surface area (Å²) in [7, 11) is 4.11. The maximum absolute atomic E-state index is 4.22. The van der Waals surface area contributed by atoms with Crippen molar-refractivity contribution in [2.24, 2.45) is 5.41 Å². The maximum Gasteiger partial charge on any atom is 0.0512 e. The van der Waals surface area contributed by atoms with Crippen LogP contribution in [0.15, 0.2) is 12.3 Å². The predicted molar refractivity (Wildman–Crippen MR) is 69.0 cm³/mol. The SMILES string of the molecule is C=C(C(NC)C(C)(C)C)N(C)C(C)(C)C. The smallest absolute Gasteiger partial charge is 0.0512 e. The molecule has 1 unspecified atom stereocenters. The van der Waals surface area contributed by atoms with E-state index in [1.165, 1.54) is 0 Å². The highest BCUT2D eigenvalue weighted by molar-refractivity contribution is 5.10. The quantitative estimate of drug-likeness (QED) is 0.774. The Labute approximate surface area is 95.7 Å². The van der Waals surface area contributed by atoms with Crippen LogP contribution in [-0.4, -0.2) is 30.6 Å². The predicted octanol–water partition coefficient (Wildman–Crippen LogP) is 2.86. The molecule has 0 bridgehead atoms. The molecule has 2 nitrogen and oxygen atoms in total. The first-order chi connectivity index (χ1) is 6.51. The molecule has 0 aliphatic carbocycles. The van der Waals surface area contributed by atoms with Gasteiger partial charge in [-0.25, -0.2) is 0 Å². The molecule has 1 atom stereocenters. The van der Waals surface area contributed by atoms with E-state index >= 15 is 0 Å². The Kier molecular flexibility index (Phi) is 4.41. The Bertz CT molecular complexity index is 218. The van der Waals surface area contributed by atoms with Gasteiger partial charge in [0.15, 0.2) is 0 Å². The summed E-state index contributed by atoms with van der Waals surface area (Å²) in [6.45, 7) is 17.5. The van der Waals surface area contributed by atoms with E-state index in [2.05, 4.69) is 65.4 Å². The van der Waals surface area contributed by atoms with Crippen molar-refractivity contribution in [3.8, 4) is 0 Å². The summed E-state index contributed by atoms with van der Waals surface area (Å²) >= 11 is 0. The highest BCUT2D eigenvalue weighted by Crippen LogP contribution is 2.28. The minimum atomic E-state index is 0.122. The van der Waals surface area contributed by atoms with E-state index in [9.17, 15) is 0 Å². The van der Waals surface area contributed by atoms with Crippen LogP contribution in [0.1, 0.15) is 41.5 Å². The fourth-order valence-electron chi connectivity index (χ4n) is 1.72. The van der Waals surface area contributed by atoms with Crippen LogP contribution in [0.5, 0.6) is 0 Å². The standard InChI is InChI=1S/C13H28N2/c1-10(15(9)13(5,6)7)11(14-8)12(2,3)4/h11,14H,1H2,2-9H3. The molecule has 0 amide bonds. The second-order valence-electron chi connectivity index (χ2n) is 6.31. The van der Waals surface area contributed by atoms with Gasteiger partial charge in [-0.3, -0.25) is 0 Å². The Morgan fingerprint density at radius 3 is 1.73 bits per heavy atom. The number of rotatable bonds is 3. The van der Waals surface area contributed by atoms with Gasteiger partial charge in [0.1, 0.15) is 0 Å². The van der Waals surface area contributed by atoms with Gasteiger partial charge in [-0.05, 0) is 33.2 Å². The van der Waals surface area contributed by atoms with Gasteiger partial charge in [0.25, 0.3) is 0 Å². The van der Waals surface area contributed by atoms with Crippen molar-refractivity contribution in [3.63, 3.8) is 0 Å². The van der Waals surface area contributed by atoms with Gasteiger partial charge in [-0.15, -0.1) is 0 Å². The second-order valence-corrected chi connectivity index (χ2v) is 6.31. The molecule has 0 aliphatic rings. The summed E-state index contributed by atoms with van der Waals surface area (Å²) in [5.41, 5.74) is 1.46. The summed E-state index contributed by atoms with van der Waals surface area (Å²) in [5, 5.41) is 3.35. The van der Waals surface area contributed by atoms with Crippen molar-refractivity contribution in [2.45, 2.75) is 53.1 Å². The lowest BCUT2D eigenvalue weighted by atomic mass is 9.84. The third-order valence-electron chi connectivity index (χ3n) is 2.92. The minimum Gasteiger partial charge on any atom is -0.372 e. The molecular formula is C13H28N2. The van der Waals surface area contributed by atoms with Crippen molar-refractivity contribution < 1.29 is 0 Å². The first kappa shape index (κ1) is 14.5. The first-order valence-corrected chi connectivity index (χ1v) is 5.61. The van der Waals surface area contributed by atoms with Gasteiger partial charge in [0, 0.05) is 18.3 Å². The van der Waals surface area contributed by atoms with E-state index in [0.29, 0.717) is 6.04 Å². The molecule has 2 heteroatoms. The zero-order chi connectivity index (χ0) is 12.4. The van der Waals surface area contributed by atoms with E-state index in [-0.39, 0.29) is 11.0 Å². The molecule has 0 fully saturated rings. The van der Waals surface area contributed by atoms with Crippen LogP contribution in [-0.2, 0) is 0 Å². The number of hydrogen-bond acceptors (Lipinski definition) is 2. The van der Waals surface area contributed by atoms with Gasteiger partial charge in [-0.1, -0.05) is 27.4 Å². The molecule has 1 N–H and O–H groups in total. The van der Waals surface area contributed by atoms with Crippen LogP contribution in [0.4, 0.5) is 0 Å². The fraction of sp³-hybridized carbons (Fsp3) is 0.846. The molecule has 0 heterocycles. The van der Waals surface area contributed by atoms with E-state index < -0.39 is 0 Å². The monoisotopic (exact) mass is 212 g/mol. The lowest BCUT2D eigenvalue weighted by molar-refractivity contribution is 0.179.